The summed E-state index contributed by atoms with van der Waals surface area (Å²) in [4.78, 5) is 15.3. The third-order valence-corrected chi connectivity index (χ3v) is 3.36. The molecule has 7 nitrogen and oxygen atoms in total. The number of aromatic nitrogens is 2. The number of nitrogens with two attached hydrogens (primary N) is 1. The highest BCUT2D eigenvalue weighted by atomic mass is 16.6. The van der Waals surface area contributed by atoms with Gasteiger partial charge in [-0.05, 0) is 6.07 Å². The van der Waals surface area contributed by atoms with Crippen LogP contribution in [0.5, 0.6) is 0 Å². The van der Waals surface area contributed by atoms with Gasteiger partial charge in [0, 0.05) is 12.1 Å². The van der Waals surface area contributed by atoms with Crippen molar-refractivity contribution in [3.63, 3.8) is 0 Å². The number of hydrogen-bond donors (Lipinski definition) is 3. The van der Waals surface area contributed by atoms with Crippen LogP contribution >= 0.6 is 0 Å². The van der Waals surface area contributed by atoms with E-state index in [4.69, 9.17) is 16.9 Å². The standard InChI is InChI=1S/C12H15N3O4/c1-3-12(6-16)9(17)7(2)10(19-12)15-5-4-8(13)14-11(15)18/h1,4-5,7,9-10,16-17H,6H2,2H3,(H2,13,14,18)/t7-,9+,10-,12-/m1/s1. The summed E-state index contributed by atoms with van der Waals surface area (Å²) in [6, 6.07) is 1.44. The van der Waals surface area contributed by atoms with E-state index in [2.05, 4.69) is 10.9 Å². The molecular formula is C12H15N3O4. The lowest BCUT2D eigenvalue weighted by molar-refractivity contribution is -0.0918. The number of nitrogen functional groups attached to an aromatic ring is 1. The smallest absolute Gasteiger partial charge is 0.351 e. The van der Waals surface area contributed by atoms with Crippen molar-refractivity contribution in [1.29, 1.82) is 0 Å². The van der Waals surface area contributed by atoms with E-state index in [-0.39, 0.29) is 5.82 Å². The van der Waals surface area contributed by atoms with E-state index < -0.39 is 36.1 Å². The summed E-state index contributed by atoms with van der Waals surface area (Å²) >= 11 is 0. The first-order valence-electron chi connectivity index (χ1n) is 5.74. The van der Waals surface area contributed by atoms with Crippen molar-refractivity contribution in [1.82, 2.24) is 9.55 Å². The molecule has 0 radical (unpaired) electrons. The SMILES string of the molecule is C#C[C@]1(CO)O[C@@H](n2ccc(N)nc2=O)[C@H](C)[C@@H]1O. The van der Waals surface area contributed by atoms with Crippen LogP contribution < -0.4 is 11.4 Å². The van der Waals surface area contributed by atoms with Gasteiger partial charge in [-0.3, -0.25) is 4.57 Å². The minimum atomic E-state index is -1.51. The lowest BCUT2D eigenvalue weighted by Gasteiger charge is -2.23. The summed E-state index contributed by atoms with van der Waals surface area (Å²) in [5.74, 6) is 1.87. The minimum absolute atomic E-state index is 0.0952. The highest BCUT2D eigenvalue weighted by molar-refractivity contribution is 5.24. The fourth-order valence-corrected chi connectivity index (χ4v) is 2.20. The van der Waals surface area contributed by atoms with Gasteiger partial charge in [0.1, 0.15) is 18.1 Å². The van der Waals surface area contributed by atoms with Gasteiger partial charge in [0.25, 0.3) is 0 Å². The molecule has 1 aromatic heterocycles. The molecule has 0 aromatic carbocycles. The van der Waals surface area contributed by atoms with E-state index in [0.29, 0.717) is 0 Å². The zero-order chi connectivity index (χ0) is 14.2. The Kier molecular flexibility index (Phi) is 3.32. The fraction of sp³-hybridized carbons (Fsp3) is 0.500. The molecule has 1 saturated heterocycles. The number of nitrogens with zero attached hydrogens (tertiary/aromatic N) is 2. The monoisotopic (exact) mass is 265 g/mol. The van der Waals surface area contributed by atoms with Crippen LogP contribution in [-0.2, 0) is 4.74 Å². The largest absolute Gasteiger partial charge is 0.392 e. The summed E-state index contributed by atoms with van der Waals surface area (Å²) in [5.41, 5.74) is 3.30. The average Bonchev–Trinajstić information content (AvgIpc) is 2.64. The van der Waals surface area contributed by atoms with Gasteiger partial charge in [-0.2, -0.15) is 4.98 Å². The summed E-state index contributed by atoms with van der Waals surface area (Å²) in [5, 5.41) is 19.4. The Bertz CT molecular complexity index is 579. The van der Waals surface area contributed by atoms with E-state index in [1.807, 2.05) is 0 Å². The molecule has 2 rings (SSSR count). The molecule has 0 amide bonds. The topological polar surface area (TPSA) is 111 Å². The Labute approximate surface area is 109 Å². The third-order valence-electron chi connectivity index (χ3n) is 3.36. The Morgan fingerprint density at radius 2 is 2.42 bits per heavy atom. The molecular weight excluding hydrogens is 250 g/mol. The van der Waals surface area contributed by atoms with Crippen LogP contribution in [0.2, 0.25) is 0 Å². The lowest BCUT2D eigenvalue weighted by Crippen LogP contribution is -2.43. The van der Waals surface area contributed by atoms with Crippen molar-refractivity contribution in [2.24, 2.45) is 5.92 Å². The van der Waals surface area contributed by atoms with Crippen molar-refractivity contribution in [3.05, 3.63) is 22.7 Å². The average molecular weight is 265 g/mol. The van der Waals surface area contributed by atoms with E-state index >= 15 is 0 Å². The number of terminal acetylenes is 1. The summed E-state index contributed by atoms with van der Waals surface area (Å²) in [6.07, 6.45) is 4.84. The number of anilines is 1. The van der Waals surface area contributed by atoms with Crippen LogP contribution in [0.15, 0.2) is 17.1 Å². The van der Waals surface area contributed by atoms with Crippen molar-refractivity contribution in [2.45, 2.75) is 24.9 Å². The van der Waals surface area contributed by atoms with Gasteiger partial charge in [0.15, 0.2) is 5.60 Å². The van der Waals surface area contributed by atoms with Crippen molar-refractivity contribution in [2.75, 3.05) is 12.3 Å². The third kappa shape index (κ3) is 2.00. The summed E-state index contributed by atoms with van der Waals surface area (Å²) < 4.78 is 6.72. The van der Waals surface area contributed by atoms with Crippen LogP contribution in [0.4, 0.5) is 5.82 Å². The predicted octanol–water partition coefficient (Wildman–Crippen LogP) is -1.28. The number of hydrogen-bond acceptors (Lipinski definition) is 6. The molecule has 1 aliphatic rings. The second-order valence-electron chi connectivity index (χ2n) is 4.55. The van der Waals surface area contributed by atoms with Gasteiger partial charge in [-0.1, -0.05) is 12.8 Å². The first-order chi connectivity index (χ1) is 8.95. The second-order valence-corrected chi connectivity index (χ2v) is 4.55. The van der Waals surface area contributed by atoms with Crippen LogP contribution in [0.1, 0.15) is 13.2 Å². The molecule has 4 atom stereocenters. The number of aliphatic hydroxyl groups is 2. The van der Waals surface area contributed by atoms with Crippen LogP contribution in [0, 0.1) is 18.3 Å². The van der Waals surface area contributed by atoms with E-state index in [0.717, 1.165) is 0 Å². The Hall–Kier alpha value is -1.88. The van der Waals surface area contributed by atoms with Crippen LogP contribution in [0.3, 0.4) is 0 Å². The molecule has 1 aromatic rings. The highest BCUT2D eigenvalue weighted by Gasteiger charge is 2.52. The second kappa shape index (κ2) is 4.66. The Balaban J connectivity index is 2.43. The molecule has 7 heteroatoms. The zero-order valence-electron chi connectivity index (χ0n) is 10.4. The van der Waals surface area contributed by atoms with Gasteiger partial charge < -0.3 is 20.7 Å². The highest BCUT2D eigenvalue weighted by Crippen LogP contribution is 2.40. The maximum Gasteiger partial charge on any atom is 0.351 e. The van der Waals surface area contributed by atoms with Crippen molar-refractivity contribution >= 4 is 5.82 Å². The van der Waals surface area contributed by atoms with Gasteiger partial charge in [0.2, 0.25) is 0 Å². The summed E-state index contributed by atoms with van der Waals surface area (Å²) in [7, 11) is 0. The van der Waals surface area contributed by atoms with Crippen LogP contribution in [-0.4, -0.2) is 38.1 Å². The first-order valence-corrected chi connectivity index (χ1v) is 5.74. The molecule has 0 unspecified atom stereocenters. The molecule has 19 heavy (non-hydrogen) atoms. The quantitative estimate of drug-likeness (QED) is 0.574. The maximum absolute atomic E-state index is 11.8. The lowest BCUT2D eigenvalue weighted by atomic mass is 9.92. The van der Waals surface area contributed by atoms with Crippen LogP contribution in [0.25, 0.3) is 0 Å². The molecule has 0 aliphatic carbocycles. The molecule has 1 fully saturated rings. The van der Waals surface area contributed by atoms with E-state index in [9.17, 15) is 15.0 Å². The molecule has 4 N–H and O–H groups in total. The molecule has 2 heterocycles. The van der Waals surface area contributed by atoms with Gasteiger partial charge in [-0.15, -0.1) is 6.42 Å². The first kappa shape index (κ1) is 13.5. The number of rotatable bonds is 2. The minimum Gasteiger partial charge on any atom is -0.392 e. The molecule has 0 bridgehead atoms. The summed E-state index contributed by atoms with van der Waals surface area (Å²) in [6.45, 7) is 1.13. The number of ether oxygens (including phenoxy) is 1. The Morgan fingerprint density at radius 3 is 2.89 bits per heavy atom. The Morgan fingerprint density at radius 1 is 1.74 bits per heavy atom. The van der Waals surface area contributed by atoms with Crippen molar-refractivity contribution < 1.29 is 14.9 Å². The van der Waals surface area contributed by atoms with E-state index in [1.54, 1.807) is 6.92 Å². The molecule has 0 saturated carbocycles. The fourth-order valence-electron chi connectivity index (χ4n) is 2.20. The normalized spacial score (nSPS) is 34.1. The number of aliphatic hydroxyl groups excluding tert-OH is 2. The van der Waals surface area contributed by atoms with Gasteiger partial charge in [-0.25, -0.2) is 4.79 Å². The molecule has 102 valence electrons. The van der Waals surface area contributed by atoms with Crippen molar-refractivity contribution in [3.8, 4) is 12.3 Å². The van der Waals surface area contributed by atoms with Gasteiger partial charge in [0.05, 0.1) is 6.61 Å². The maximum atomic E-state index is 11.8. The van der Waals surface area contributed by atoms with Gasteiger partial charge >= 0.3 is 5.69 Å². The zero-order valence-corrected chi connectivity index (χ0v) is 10.4. The molecule has 1 aliphatic heterocycles. The predicted molar refractivity (Wildman–Crippen MR) is 66.9 cm³/mol. The van der Waals surface area contributed by atoms with E-state index in [1.165, 1.54) is 16.8 Å². The molecule has 0 spiro atoms.